The van der Waals surface area contributed by atoms with Crippen LogP contribution in [0.1, 0.15) is 31.2 Å². The Labute approximate surface area is 183 Å². The Morgan fingerprint density at radius 2 is 2.07 bits per heavy atom. The van der Waals surface area contributed by atoms with Crippen LogP contribution in [-0.4, -0.2) is 57.6 Å². The van der Waals surface area contributed by atoms with Crippen molar-refractivity contribution in [1.29, 1.82) is 0 Å². The van der Waals surface area contributed by atoms with E-state index in [1.807, 2.05) is 23.7 Å². The molecule has 0 radical (unpaired) electrons. The SMILES string of the molecule is CC(C)c1cc(I)ccc1NC(=O)CSc1nnc(CN2CCOCC2)n1C. The second-order valence-corrected chi connectivity index (χ2v) is 9.26. The van der Waals surface area contributed by atoms with Crippen LogP contribution in [0.3, 0.4) is 0 Å². The fourth-order valence-electron chi connectivity index (χ4n) is 3.01. The third-order valence-electron chi connectivity index (χ3n) is 4.64. The van der Waals surface area contributed by atoms with Crippen LogP contribution in [0, 0.1) is 3.57 Å². The van der Waals surface area contributed by atoms with Crippen LogP contribution in [0.25, 0.3) is 0 Å². The molecule has 2 heterocycles. The lowest BCUT2D eigenvalue weighted by atomic mass is 10.0. The molecule has 1 aromatic heterocycles. The van der Waals surface area contributed by atoms with Gasteiger partial charge in [0.15, 0.2) is 5.16 Å². The number of aromatic nitrogens is 3. The molecule has 0 spiro atoms. The number of carbonyl (C=O) groups is 1. The second kappa shape index (κ2) is 10.0. The summed E-state index contributed by atoms with van der Waals surface area (Å²) in [6, 6.07) is 6.10. The van der Waals surface area contributed by atoms with Gasteiger partial charge in [-0.3, -0.25) is 9.69 Å². The summed E-state index contributed by atoms with van der Waals surface area (Å²) >= 11 is 3.70. The summed E-state index contributed by atoms with van der Waals surface area (Å²) in [5.74, 6) is 1.52. The van der Waals surface area contributed by atoms with Crippen LogP contribution < -0.4 is 5.32 Å². The van der Waals surface area contributed by atoms with Crippen LogP contribution in [0.2, 0.25) is 0 Å². The molecule has 0 unspecified atom stereocenters. The van der Waals surface area contributed by atoms with E-state index in [4.69, 9.17) is 4.74 Å². The molecule has 1 aromatic carbocycles. The lowest BCUT2D eigenvalue weighted by Crippen LogP contribution is -2.36. The Kier molecular flexibility index (Phi) is 7.72. The summed E-state index contributed by atoms with van der Waals surface area (Å²) in [5, 5.41) is 12.3. The molecule has 2 aromatic rings. The topological polar surface area (TPSA) is 72.3 Å². The summed E-state index contributed by atoms with van der Waals surface area (Å²) < 4.78 is 8.52. The maximum atomic E-state index is 12.5. The Morgan fingerprint density at radius 3 is 2.79 bits per heavy atom. The van der Waals surface area contributed by atoms with Crippen molar-refractivity contribution in [2.45, 2.75) is 31.5 Å². The molecule has 1 saturated heterocycles. The Morgan fingerprint density at radius 1 is 1.32 bits per heavy atom. The molecule has 28 heavy (non-hydrogen) atoms. The van der Waals surface area contributed by atoms with E-state index >= 15 is 0 Å². The molecule has 0 atom stereocenters. The van der Waals surface area contributed by atoms with Gasteiger partial charge in [-0.05, 0) is 52.3 Å². The molecule has 7 nitrogen and oxygen atoms in total. The normalized spacial score (nSPS) is 15.2. The smallest absolute Gasteiger partial charge is 0.234 e. The molecular formula is C19H26IN5O2S. The predicted octanol–water partition coefficient (Wildman–Crippen LogP) is 3.11. The van der Waals surface area contributed by atoms with Gasteiger partial charge in [0.1, 0.15) is 5.82 Å². The van der Waals surface area contributed by atoms with Crippen molar-refractivity contribution in [2.24, 2.45) is 7.05 Å². The van der Waals surface area contributed by atoms with Gasteiger partial charge in [0.05, 0.1) is 25.5 Å². The summed E-state index contributed by atoms with van der Waals surface area (Å²) in [7, 11) is 1.95. The zero-order valence-electron chi connectivity index (χ0n) is 16.4. The first kappa shape index (κ1) is 21.5. The lowest BCUT2D eigenvalue weighted by molar-refractivity contribution is -0.113. The number of ether oxygens (including phenoxy) is 1. The van der Waals surface area contributed by atoms with Crippen LogP contribution in [-0.2, 0) is 23.1 Å². The Hall–Kier alpha value is -1.17. The average Bonchev–Trinajstić information content (AvgIpc) is 3.02. The van der Waals surface area contributed by atoms with Gasteiger partial charge < -0.3 is 14.6 Å². The van der Waals surface area contributed by atoms with E-state index in [1.54, 1.807) is 0 Å². The molecule has 1 amide bonds. The minimum Gasteiger partial charge on any atom is -0.379 e. The number of amides is 1. The van der Waals surface area contributed by atoms with E-state index < -0.39 is 0 Å². The quantitative estimate of drug-likeness (QED) is 0.452. The van der Waals surface area contributed by atoms with E-state index in [9.17, 15) is 4.79 Å². The second-order valence-electron chi connectivity index (χ2n) is 7.07. The predicted molar refractivity (Wildman–Crippen MR) is 120 cm³/mol. The molecule has 0 aliphatic carbocycles. The average molecular weight is 515 g/mol. The van der Waals surface area contributed by atoms with Gasteiger partial charge in [0.25, 0.3) is 0 Å². The minimum absolute atomic E-state index is 0.0363. The molecule has 1 fully saturated rings. The first-order valence-corrected chi connectivity index (χ1v) is 11.4. The van der Waals surface area contributed by atoms with E-state index in [0.29, 0.717) is 11.7 Å². The van der Waals surface area contributed by atoms with E-state index in [0.717, 1.165) is 55.1 Å². The van der Waals surface area contributed by atoms with Gasteiger partial charge in [0.2, 0.25) is 5.91 Å². The number of morpholine rings is 1. The number of rotatable bonds is 7. The third-order valence-corrected chi connectivity index (χ3v) is 6.33. The number of anilines is 1. The molecule has 0 saturated carbocycles. The fourth-order valence-corrected chi connectivity index (χ4v) is 4.25. The largest absolute Gasteiger partial charge is 0.379 e. The van der Waals surface area contributed by atoms with Crippen LogP contribution >= 0.6 is 34.4 Å². The molecule has 1 aliphatic heterocycles. The number of halogens is 1. The monoisotopic (exact) mass is 515 g/mol. The Balaban J connectivity index is 1.56. The van der Waals surface area contributed by atoms with Gasteiger partial charge >= 0.3 is 0 Å². The zero-order valence-corrected chi connectivity index (χ0v) is 19.4. The summed E-state index contributed by atoms with van der Waals surface area (Å²) in [6.45, 7) is 8.35. The molecule has 152 valence electrons. The van der Waals surface area contributed by atoms with Crippen LogP contribution in [0.5, 0.6) is 0 Å². The van der Waals surface area contributed by atoms with E-state index in [-0.39, 0.29) is 5.91 Å². The van der Waals surface area contributed by atoms with Crippen molar-refractivity contribution >= 4 is 45.9 Å². The number of benzene rings is 1. The highest BCUT2D eigenvalue weighted by Crippen LogP contribution is 2.26. The molecule has 3 rings (SSSR count). The van der Waals surface area contributed by atoms with Crippen molar-refractivity contribution in [3.63, 3.8) is 0 Å². The summed E-state index contributed by atoms with van der Waals surface area (Å²) in [6.07, 6.45) is 0. The number of nitrogens with one attached hydrogen (secondary N) is 1. The van der Waals surface area contributed by atoms with Gasteiger partial charge in [0, 0.05) is 29.4 Å². The lowest BCUT2D eigenvalue weighted by Gasteiger charge is -2.25. The van der Waals surface area contributed by atoms with Crippen molar-refractivity contribution in [3.8, 4) is 0 Å². The number of carbonyl (C=O) groups excluding carboxylic acids is 1. The molecule has 0 bridgehead atoms. The first-order valence-electron chi connectivity index (χ1n) is 9.34. The highest BCUT2D eigenvalue weighted by molar-refractivity contribution is 14.1. The van der Waals surface area contributed by atoms with E-state index in [1.165, 1.54) is 15.3 Å². The van der Waals surface area contributed by atoms with Crippen molar-refractivity contribution in [3.05, 3.63) is 33.2 Å². The summed E-state index contributed by atoms with van der Waals surface area (Å²) in [5.41, 5.74) is 2.03. The van der Waals surface area contributed by atoms with Gasteiger partial charge in [-0.2, -0.15) is 0 Å². The molecule has 9 heteroatoms. The zero-order chi connectivity index (χ0) is 20.1. The molecular weight excluding hydrogens is 489 g/mol. The number of thioether (sulfide) groups is 1. The van der Waals surface area contributed by atoms with Crippen LogP contribution in [0.15, 0.2) is 23.4 Å². The van der Waals surface area contributed by atoms with Crippen LogP contribution in [0.4, 0.5) is 5.69 Å². The number of nitrogens with zero attached hydrogens (tertiary/aromatic N) is 4. The Bertz CT molecular complexity index is 821. The fraction of sp³-hybridized carbons (Fsp3) is 0.526. The number of hydrogen-bond donors (Lipinski definition) is 1. The molecule has 1 aliphatic rings. The van der Waals surface area contributed by atoms with Crippen molar-refractivity contribution in [2.75, 3.05) is 37.4 Å². The van der Waals surface area contributed by atoms with Gasteiger partial charge in [-0.25, -0.2) is 0 Å². The highest BCUT2D eigenvalue weighted by Gasteiger charge is 2.17. The maximum Gasteiger partial charge on any atom is 0.234 e. The van der Waals surface area contributed by atoms with Gasteiger partial charge in [-0.15, -0.1) is 10.2 Å². The highest BCUT2D eigenvalue weighted by atomic mass is 127. The number of hydrogen-bond acceptors (Lipinski definition) is 6. The summed E-state index contributed by atoms with van der Waals surface area (Å²) in [4.78, 5) is 14.8. The maximum absolute atomic E-state index is 12.5. The minimum atomic E-state index is -0.0363. The van der Waals surface area contributed by atoms with Crippen molar-refractivity contribution < 1.29 is 9.53 Å². The molecule has 1 N–H and O–H groups in total. The first-order chi connectivity index (χ1) is 13.4. The van der Waals surface area contributed by atoms with E-state index in [2.05, 4.69) is 62.9 Å². The van der Waals surface area contributed by atoms with Crippen molar-refractivity contribution in [1.82, 2.24) is 19.7 Å². The third kappa shape index (κ3) is 5.68. The standard InChI is InChI=1S/C19H26IN5O2S/c1-13(2)15-10-14(20)4-5-16(15)21-18(26)12-28-19-23-22-17(24(19)3)11-25-6-8-27-9-7-25/h4-5,10,13H,6-9,11-12H2,1-3H3,(H,21,26). The van der Waals surface area contributed by atoms with Gasteiger partial charge in [-0.1, -0.05) is 25.6 Å².